The van der Waals surface area contributed by atoms with E-state index in [-0.39, 0.29) is 12.5 Å². The van der Waals surface area contributed by atoms with Gasteiger partial charge in [0, 0.05) is 22.4 Å². The number of hydrogen-bond acceptors (Lipinski definition) is 4. The van der Waals surface area contributed by atoms with Crippen LogP contribution in [0.1, 0.15) is 38.8 Å². The van der Waals surface area contributed by atoms with Crippen molar-refractivity contribution < 1.29 is 19.1 Å². The third-order valence-corrected chi connectivity index (χ3v) is 4.43. The third kappa shape index (κ3) is 5.38. The van der Waals surface area contributed by atoms with Crippen LogP contribution in [0.4, 0.5) is 5.69 Å². The maximum atomic E-state index is 12.7. The van der Waals surface area contributed by atoms with E-state index in [1.54, 1.807) is 42.5 Å². The largest absolute Gasteiger partial charge is 0.493 e. The SMILES string of the molecule is CCOc1ccc(C(=O)Nc2ccc(C(N)=O)cc2)cc1COc1cccc(C)c1. The molecule has 3 aromatic carbocycles. The number of amides is 2. The number of nitrogens with one attached hydrogen (secondary N) is 1. The molecule has 6 heteroatoms. The zero-order chi connectivity index (χ0) is 21.5. The molecule has 3 N–H and O–H groups in total. The molecule has 0 unspecified atom stereocenters. The maximum absolute atomic E-state index is 12.7. The van der Waals surface area contributed by atoms with E-state index in [1.807, 2.05) is 38.1 Å². The lowest BCUT2D eigenvalue weighted by Crippen LogP contribution is -2.14. The lowest BCUT2D eigenvalue weighted by molar-refractivity contribution is 0.0998. The molecule has 0 heterocycles. The highest BCUT2D eigenvalue weighted by Gasteiger charge is 2.12. The summed E-state index contributed by atoms with van der Waals surface area (Å²) in [5.74, 6) is 0.633. The van der Waals surface area contributed by atoms with Crippen LogP contribution in [-0.2, 0) is 6.61 Å². The highest BCUT2D eigenvalue weighted by atomic mass is 16.5. The van der Waals surface area contributed by atoms with Gasteiger partial charge in [-0.3, -0.25) is 9.59 Å². The Morgan fingerprint density at radius 3 is 2.33 bits per heavy atom. The van der Waals surface area contributed by atoms with E-state index in [2.05, 4.69) is 5.32 Å². The lowest BCUT2D eigenvalue weighted by atomic mass is 10.1. The fourth-order valence-corrected chi connectivity index (χ4v) is 2.92. The van der Waals surface area contributed by atoms with Gasteiger partial charge in [0.05, 0.1) is 6.61 Å². The molecule has 0 saturated heterocycles. The zero-order valence-electron chi connectivity index (χ0n) is 17.0. The normalized spacial score (nSPS) is 10.3. The van der Waals surface area contributed by atoms with Crippen LogP contribution in [0.25, 0.3) is 0 Å². The standard InChI is InChI=1S/C24H24N2O4/c1-3-29-22-12-9-18(14-19(22)15-30-21-6-4-5-16(2)13-21)24(28)26-20-10-7-17(8-11-20)23(25)27/h4-14H,3,15H2,1-2H3,(H2,25,27)(H,26,28). The summed E-state index contributed by atoms with van der Waals surface area (Å²) >= 11 is 0. The van der Waals surface area contributed by atoms with Crippen LogP contribution < -0.4 is 20.5 Å². The number of anilines is 1. The van der Waals surface area contributed by atoms with Gasteiger partial charge in [-0.1, -0.05) is 12.1 Å². The first-order chi connectivity index (χ1) is 14.5. The summed E-state index contributed by atoms with van der Waals surface area (Å²) in [7, 11) is 0. The number of carbonyl (C=O) groups is 2. The fraction of sp³-hybridized carbons (Fsp3) is 0.167. The average molecular weight is 404 g/mol. The molecular formula is C24H24N2O4. The van der Waals surface area contributed by atoms with Crippen molar-refractivity contribution in [3.63, 3.8) is 0 Å². The quantitative estimate of drug-likeness (QED) is 0.585. The van der Waals surface area contributed by atoms with Crippen molar-refractivity contribution in [2.45, 2.75) is 20.5 Å². The number of carbonyl (C=O) groups excluding carboxylic acids is 2. The average Bonchev–Trinajstić information content (AvgIpc) is 2.73. The zero-order valence-corrected chi connectivity index (χ0v) is 17.0. The number of hydrogen-bond donors (Lipinski definition) is 2. The van der Waals surface area contributed by atoms with Gasteiger partial charge >= 0.3 is 0 Å². The van der Waals surface area contributed by atoms with Gasteiger partial charge in [0.15, 0.2) is 0 Å². The molecule has 154 valence electrons. The molecule has 30 heavy (non-hydrogen) atoms. The summed E-state index contributed by atoms with van der Waals surface area (Å²) in [6.45, 7) is 4.68. The van der Waals surface area contributed by atoms with Crippen LogP contribution in [0.15, 0.2) is 66.7 Å². The van der Waals surface area contributed by atoms with Crippen LogP contribution in [0.5, 0.6) is 11.5 Å². The van der Waals surface area contributed by atoms with Gasteiger partial charge < -0.3 is 20.5 Å². The molecule has 0 aliphatic rings. The van der Waals surface area contributed by atoms with Gasteiger partial charge in [-0.15, -0.1) is 0 Å². The second kappa shape index (κ2) is 9.60. The van der Waals surface area contributed by atoms with E-state index in [1.165, 1.54) is 0 Å². The van der Waals surface area contributed by atoms with Gasteiger partial charge in [0.25, 0.3) is 5.91 Å². The van der Waals surface area contributed by atoms with Crippen molar-refractivity contribution in [1.82, 2.24) is 0 Å². The monoisotopic (exact) mass is 404 g/mol. The summed E-state index contributed by atoms with van der Waals surface area (Å²) < 4.78 is 11.6. The minimum atomic E-state index is -0.516. The Morgan fingerprint density at radius 1 is 0.933 bits per heavy atom. The Morgan fingerprint density at radius 2 is 1.67 bits per heavy atom. The van der Waals surface area contributed by atoms with Gasteiger partial charge in [-0.25, -0.2) is 0 Å². The molecule has 6 nitrogen and oxygen atoms in total. The predicted octanol–water partition coefficient (Wildman–Crippen LogP) is 4.32. The minimum absolute atomic E-state index is 0.271. The third-order valence-electron chi connectivity index (χ3n) is 4.43. The number of nitrogens with two attached hydrogens (primary N) is 1. The molecule has 0 aliphatic heterocycles. The van der Waals surface area contributed by atoms with Crippen molar-refractivity contribution in [3.05, 3.63) is 89.0 Å². The molecular weight excluding hydrogens is 380 g/mol. The lowest BCUT2D eigenvalue weighted by Gasteiger charge is -2.14. The van der Waals surface area contributed by atoms with Crippen molar-refractivity contribution in [3.8, 4) is 11.5 Å². The summed E-state index contributed by atoms with van der Waals surface area (Å²) in [6, 6.07) is 19.4. The van der Waals surface area contributed by atoms with Gasteiger partial charge in [-0.2, -0.15) is 0 Å². The number of rotatable bonds is 8. The summed E-state index contributed by atoms with van der Waals surface area (Å²) in [5, 5.41) is 2.81. The molecule has 0 spiro atoms. The van der Waals surface area contributed by atoms with Crippen LogP contribution in [0.2, 0.25) is 0 Å². The Labute approximate surface area is 175 Å². The minimum Gasteiger partial charge on any atom is -0.493 e. The van der Waals surface area contributed by atoms with Gasteiger partial charge in [-0.05, 0) is 74.0 Å². The molecule has 3 rings (SSSR count). The first-order valence-corrected chi connectivity index (χ1v) is 9.62. The smallest absolute Gasteiger partial charge is 0.255 e. The van der Waals surface area contributed by atoms with Crippen molar-refractivity contribution in [1.29, 1.82) is 0 Å². The molecule has 0 aromatic heterocycles. The number of primary amides is 1. The first-order valence-electron chi connectivity index (χ1n) is 9.62. The molecule has 2 amide bonds. The van der Waals surface area contributed by atoms with Crippen molar-refractivity contribution in [2.75, 3.05) is 11.9 Å². The highest BCUT2D eigenvalue weighted by molar-refractivity contribution is 6.04. The molecule has 0 fully saturated rings. The maximum Gasteiger partial charge on any atom is 0.255 e. The fourth-order valence-electron chi connectivity index (χ4n) is 2.92. The number of ether oxygens (including phenoxy) is 2. The van der Waals surface area contributed by atoms with E-state index in [0.29, 0.717) is 29.2 Å². The van der Waals surface area contributed by atoms with Gasteiger partial charge in [0.2, 0.25) is 5.91 Å². The van der Waals surface area contributed by atoms with E-state index < -0.39 is 5.91 Å². The molecule has 0 aliphatic carbocycles. The van der Waals surface area contributed by atoms with E-state index in [4.69, 9.17) is 15.2 Å². The van der Waals surface area contributed by atoms with Crippen molar-refractivity contribution in [2.24, 2.45) is 5.73 Å². The molecule has 0 bridgehead atoms. The van der Waals surface area contributed by atoms with Crippen LogP contribution in [-0.4, -0.2) is 18.4 Å². The Balaban J connectivity index is 1.76. The van der Waals surface area contributed by atoms with Crippen LogP contribution in [0.3, 0.4) is 0 Å². The topological polar surface area (TPSA) is 90.6 Å². The van der Waals surface area contributed by atoms with Gasteiger partial charge in [0.1, 0.15) is 18.1 Å². The first kappa shape index (κ1) is 20.9. The summed E-state index contributed by atoms with van der Waals surface area (Å²) in [4.78, 5) is 23.9. The highest BCUT2D eigenvalue weighted by Crippen LogP contribution is 2.24. The molecule has 0 radical (unpaired) electrons. The Kier molecular flexibility index (Phi) is 6.70. The van der Waals surface area contributed by atoms with E-state index in [9.17, 15) is 9.59 Å². The van der Waals surface area contributed by atoms with Crippen LogP contribution in [0, 0.1) is 6.92 Å². The van der Waals surface area contributed by atoms with E-state index in [0.717, 1.165) is 16.9 Å². The van der Waals surface area contributed by atoms with E-state index >= 15 is 0 Å². The molecule has 0 atom stereocenters. The Bertz CT molecular complexity index is 1050. The number of aryl methyl sites for hydroxylation is 1. The summed E-state index contributed by atoms with van der Waals surface area (Å²) in [6.07, 6.45) is 0. The second-order valence-electron chi connectivity index (χ2n) is 6.76. The number of benzene rings is 3. The van der Waals surface area contributed by atoms with Crippen LogP contribution >= 0.6 is 0 Å². The summed E-state index contributed by atoms with van der Waals surface area (Å²) in [5.41, 5.74) is 8.54. The molecule has 3 aromatic rings. The predicted molar refractivity (Wildman–Crippen MR) is 116 cm³/mol. The molecule has 0 saturated carbocycles. The second-order valence-corrected chi connectivity index (χ2v) is 6.76. The Hall–Kier alpha value is -3.80. The van der Waals surface area contributed by atoms with Crippen molar-refractivity contribution >= 4 is 17.5 Å².